The molecule has 1 aromatic carbocycles. The highest BCUT2D eigenvalue weighted by atomic mass is 19.4. The Morgan fingerprint density at radius 2 is 1.90 bits per heavy atom. The number of nitrogens with one attached hydrogen (secondary N) is 1. The van der Waals surface area contributed by atoms with Crippen LogP contribution in [0, 0.1) is 5.95 Å². The van der Waals surface area contributed by atoms with E-state index in [9.17, 15) is 31.4 Å². The van der Waals surface area contributed by atoms with Crippen LogP contribution in [-0.2, 0) is 11.8 Å². The average molecular weight is 561 g/mol. The molecular formula is C26H27F7N4O2. The van der Waals surface area contributed by atoms with Gasteiger partial charge in [-0.1, -0.05) is 6.07 Å². The van der Waals surface area contributed by atoms with Crippen LogP contribution in [0.2, 0.25) is 0 Å². The van der Waals surface area contributed by atoms with Crippen LogP contribution in [0.25, 0.3) is 10.9 Å². The molecule has 1 aliphatic carbocycles. The third-order valence-corrected chi connectivity index (χ3v) is 7.43. The van der Waals surface area contributed by atoms with Crippen LogP contribution in [0.15, 0.2) is 30.5 Å². The number of aromatic nitrogens is 3. The summed E-state index contributed by atoms with van der Waals surface area (Å²) in [5.74, 6) is -1.36. The topological polar surface area (TPSA) is 72.2 Å². The predicted octanol–water partition coefficient (Wildman–Crippen LogP) is 6.00. The number of halogens is 7. The SMILES string of the molecule is C[C@H]1C[C@@](F)(c2ccc(C(F)F)nc2)C[C@@H](COc2cc(C(F)(F)F)c3c(c2)c(F)nn3C2CC(C)(O)C2)N1. The molecule has 0 radical (unpaired) electrons. The number of ether oxygens (including phenoxy) is 1. The second-order valence-corrected chi connectivity index (χ2v) is 10.9. The number of fused-ring (bicyclic) bond motifs is 1. The van der Waals surface area contributed by atoms with Crippen molar-refractivity contribution in [3.63, 3.8) is 0 Å². The quantitative estimate of drug-likeness (QED) is 0.362. The number of pyridine rings is 1. The van der Waals surface area contributed by atoms with E-state index in [-0.39, 0.29) is 55.0 Å². The van der Waals surface area contributed by atoms with Gasteiger partial charge >= 0.3 is 6.18 Å². The van der Waals surface area contributed by atoms with Gasteiger partial charge in [-0.15, -0.1) is 5.10 Å². The van der Waals surface area contributed by atoms with E-state index in [4.69, 9.17) is 4.74 Å². The number of hydrogen-bond donors (Lipinski definition) is 2. The van der Waals surface area contributed by atoms with Gasteiger partial charge in [-0.3, -0.25) is 9.67 Å². The van der Waals surface area contributed by atoms with E-state index in [0.717, 1.165) is 29.1 Å². The summed E-state index contributed by atoms with van der Waals surface area (Å²) in [7, 11) is 0. The number of hydrogen-bond acceptors (Lipinski definition) is 5. The van der Waals surface area contributed by atoms with Gasteiger partial charge in [-0.05, 0) is 44.9 Å². The Balaban J connectivity index is 1.38. The lowest BCUT2D eigenvalue weighted by Gasteiger charge is -2.41. The van der Waals surface area contributed by atoms with Crippen LogP contribution in [0.1, 0.15) is 68.8 Å². The minimum Gasteiger partial charge on any atom is -0.492 e. The minimum atomic E-state index is -4.85. The fraction of sp³-hybridized carbons (Fsp3) is 0.538. The van der Waals surface area contributed by atoms with E-state index in [1.165, 1.54) is 6.07 Å². The second-order valence-electron chi connectivity index (χ2n) is 10.9. The van der Waals surface area contributed by atoms with Crippen LogP contribution >= 0.6 is 0 Å². The number of rotatable bonds is 6. The summed E-state index contributed by atoms with van der Waals surface area (Å²) in [4.78, 5) is 3.64. The van der Waals surface area contributed by atoms with Crippen molar-refractivity contribution in [1.29, 1.82) is 0 Å². The van der Waals surface area contributed by atoms with Crippen LogP contribution in [0.5, 0.6) is 5.75 Å². The highest BCUT2D eigenvalue weighted by molar-refractivity contribution is 5.85. The first-order valence-electron chi connectivity index (χ1n) is 12.5. The highest BCUT2D eigenvalue weighted by Crippen LogP contribution is 2.46. The van der Waals surface area contributed by atoms with Crippen molar-refractivity contribution in [2.75, 3.05) is 6.61 Å². The summed E-state index contributed by atoms with van der Waals surface area (Å²) in [5.41, 5.74) is -4.90. The molecule has 0 spiro atoms. The van der Waals surface area contributed by atoms with Crippen molar-refractivity contribution in [3.8, 4) is 5.75 Å². The van der Waals surface area contributed by atoms with Crippen molar-refractivity contribution >= 4 is 10.9 Å². The molecule has 2 fully saturated rings. The fourth-order valence-corrected chi connectivity index (χ4v) is 5.72. The molecule has 13 heteroatoms. The molecule has 3 atom stereocenters. The largest absolute Gasteiger partial charge is 0.492 e. The molecule has 39 heavy (non-hydrogen) atoms. The summed E-state index contributed by atoms with van der Waals surface area (Å²) >= 11 is 0. The first-order valence-corrected chi connectivity index (χ1v) is 12.5. The highest BCUT2D eigenvalue weighted by Gasteiger charge is 2.44. The number of nitrogens with zero attached hydrogens (tertiary/aromatic N) is 3. The Kier molecular flexibility index (Phi) is 6.81. The Morgan fingerprint density at radius 3 is 2.49 bits per heavy atom. The van der Waals surface area contributed by atoms with E-state index in [1.54, 1.807) is 13.8 Å². The van der Waals surface area contributed by atoms with Gasteiger partial charge in [0, 0.05) is 36.7 Å². The Labute approximate surface area is 219 Å². The molecule has 2 aromatic heterocycles. The maximum atomic E-state index is 16.0. The van der Waals surface area contributed by atoms with Gasteiger partial charge in [0.25, 0.3) is 6.43 Å². The van der Waals surface area contributed by atoms with E-state index in [0.29, 0.717) is 0 Å². The third-order valence-electron chi connectivity index (χ3n) is 7.43. The lowest BCUT2D eigenvalue weighted by molar-refractivity contribution is -0.136. The predicted molar refractivity (Wildman–Crippen MR) is 127 cm³/mol. The Morgan fingerprint density at radius 1 is 1.18 bits per heavy atom. The van der Waals surface area contributed by atoms with Gasteiger partial charge in [-0.2, -0.15) is 17.6 Å². The number of alkyl halides is 6. The molecule has 0 amide bonds. The molecule has 1 saturated heterocycles. The van der Waals surface area contributed by atoms with E-state index >= 15 is 4.39 Å². The molecular weight excluding hydrogens is 533 g/mol. The van der Waals surface area contributed by atoms with Gasteiger partial charge < -0.3 is 15.2 Å². The van der Waals surface area contributed by atoms with Crippen molar-refractivity contribution in [2.45, 2.75) is 81.5 Å². The zero-order valence-electron chi connectivity index (χ0n) is 21.1. The number of benzene rings is 1. The van der Waals surface area contributed by atoms with E-state index in [2.05, 4.69) is 15.4 Å². The monoisotopic (exact) mass is 560 g/mol. The fourth-order valence-electron chi connectivity index (χ4n) is 5.72. The zero-order chi connectivity index (χ0) is 28.3. The van der Waals surface area contributed by atoms with Gasteiger partial charge in [0.15, 0.2) is 0 Å². The molecule has 0 bridgehead atoms. The number of aliphatic hydroxyl groups is 1. The van der Waals surface area contributed by atoms with Gasteiger partial charge in [-0.25, -0.2) is 13.2 Å². The van der Waals surface area contributed by atoms with Crippen LogP contribution in [-0.4, -0.2) is 44.2 Å². The first kappa shape index (κ1) is 27.6. The summed E-state index contributed by atoms with van der Waals surface area (Å²) in [6.45, 7) is 3.03. The lowest BCUT2D eigenvalue weighted by atomic mass is 9.77. The van der Waals surface area contributed by atoms with Crippen molar-refractivity contribution in [1.82, 2.24) is 20.1 Å². The zero-order valence-corrected chi connectivity index (χ0v) is 21.1. The minimum absolute atomic E-state index is 0.0296. The summed E-state index contributed by atoms with van der Waals surface area (Å²) in [6.07, 6.45) is -6.41. The van der Waals surface area contributed by atoms with Gasteiger partial charge in [0.2, 0.25) is 5.95 Å². The number of piperidine rings is 1. The second kappa shape index (κ2) is 9.61. The summed E-state index contributed by atoms with van der Waals surface area (Å²) in [5, 5.41) is 16.5. The van der Waals surface area contributed by atoms with E-state index in [1.807, 2.05) is 0 Å². The molecule has 3 heterocycles. The smallest absolute Gasteiger partial charge is 0.418 e. The molecule has 1 saturated carbocycles. The lowest BCUT2D eigenvalue weighted by Crippen LogP contribution is -2.51. The standard InChI is InChI=1S/C26H27F7N4O2/c1-13-7-25(30,14-3-4-20(22(27)28)34-11-14)8-15(35-13)12-39-17-5-18-21(19(6-17)26(31,32)33)37(36-23(18)29)16-9-24(2,38)10-16/h3-6,11,13,15-16,22,35,38H,7-10,12H2,1-2H3/t13-,15-,16?,24?,25-/m0/s1. The van der Waals surface area contributed by atoms with Crippen LogP contribution in [0.4, 0.5) is 30.7 Å². The van der Waals surface area contributed by atoms with E-state index < -0.39 is 58.7 Å². The molecule has 3 aromatic rings. The molecule has 2 N–H and O–H groups in total. The average Bonchev–Trinajstić information content (AvgIpc) is 3.15. The Hall–Kier alpha value is -2.93. The third kappa shape index (κ3) is 5.43. The molecule has 5 rings (SSSR count). The molecule has 6 nitrogen and oxygen atoms in total. The maximum Gasteiger partial charge on any atom is 0.418 e. The van der Waals surface area contributed by atoms with Gasteiger partial charge in [0.05, 0.1) is 28.1 Å². The first-order chi connectivity index (χ1) is 18.1. The summed E-state index contributed by atoms with van der Waals surface area (Å²) in [6, 6.07) is 2.61. The normalized spacial score (nSPS) is 29.6. The maximum absolute atomic E-state index is 16.0. The molecule has 212 valence electrons. The summed E-state index contributed by atoms with van der Waals surface area (Å²) < 4.78 is 105. The van der Waals surface area contributed by atoms with Crippen molar-refractivity contribution in [2.24, 2.45) is 0 Å². The van der Waals surface area contributed by atoms with Crippen molar-refractivity contribution < 1.29 is 40.6 Å². The molecule has 0 unspecified atom stereocenters. The Bertz CT molecular complexity index is 1350. The van der Waals surface area contributed by atoms with Crippen LogP contribution in [0.3, 0.4) is 0 Å². The van der Waals surface area contributed by atoms with Gasteiger partial charge in [0.1, 0.15) is 23.7 Å². The molecule has 2 aliphatic rings. The van der Waals surface area contributed by atoms with Crippen molar-refractivity contribution in [3.05, 3.63) is 53.2 Å². The molecule has 1 aliphatic heterocycles. The van der Waals surface area contributed by atoms with Crippen LogP contribution < -0.4 is 10.1 Å².